The highest BCUT2D eigenvalue weighted by Crippen LogP contribution is 2.36. The summed E-state index contributed by atoms with van der Waals surface area (Å²) in [6, 6.07) is 0. The third-order valence-corrected chi connectivity index (χ3v) is 5.39. The fraction of sp³-hybridized carbons (Fsp3) is 0.875. The second kappa shape index (κ2) is 5.74. The van der Waals surface area contributed by atoms with Crippen molar-refractivity contribution in [2.75, 3.05) is 6.54 Å². The molecule has 2 aliphatic rings. The third-order valence-electron chi connectivity index (χ3n) is 5.39. The minimum absolute atomic E-state index is 0.0176. The maximum Gasteiger partial charge on any atom is 0.248 e. The molecule has 2 amide bonds. The Balaban J connectivity index is 2.32. The number of carbonyl (C=O) groups excluding carboxylic acids is 2. The van der Waals surface area contributed by atoms with Gasteiger partial charge in [0.25, 0.3) is 0 Å². The van der Waals surface area contributed by atoms with Gasteiger partial charge in [0.1, 0.15) is 5.54 Å². The summed E-state index contributed by atoms with van der Waals surface area (Å²) in [6.07, 6.45) is 7.54. The highest BCUT2D eigenvalue weighted by atomic mass is 16.2. The van der Waals surface area contributed by atoms with E-state index in [-0.39, 0.29) is 17.4 Å². The van der Waals surface area contributed by atoms with Crippen molar-refractivity contribution in [1.29, 1.82) is 0 Å². The number of nitrogens with one attached hydrogen (secondary N) is 1. The molecule has 1 N–H and O–H groups in total. The Morgan fingerprint density at radius 3 is 2.25 bits per heavy atom. The van der Waals surface area contributed by atoms with E-state index in [4.69, 9.17) is 0 Å². The lowest BCUT2D eigenvalue weighted by Crippen LogP contribution is -2.61. The van der Waals surface area contributed by atoms with Crippen molar-refractivity contribution in [2.24, 2.45) is 0 Å². The number of hydrogen-bond acceptors (Lipinski definition) is 2. The van der Waals surface area contributed by atoms with Gasteiger partial charge in [0, 0.05) is 18.5 Å². The van der Waals surface area contributed by atoms with Gasteiger partial charge in [-0.3, -0.25) is 9.59 Å². The van der Waals surface area contributed by atoms with Crippen LogP contribution in [0.3, 0.4) is 0 Å². The minimum Gasteiger partial charge on any atom is -0.342 e. The summed E-state index contributed by atoms with van der Waals surface area (Å²) in [6.45, 7) is 6.77. The molecule has 114 valence electrons. The molecule has 20 heavy (non-hydrogen) atoms. The van der Waals surface area contributed by atoms with Crippen LogP contribution in [0.2, 0.25) is 0 Å². The summed E-state index contributed by atoms with van der Waals surface area (Å²) in [4.78, 5) is 27.1. The van der Waals surface area contributed by atoms with Crippen LogP contribution < -0.4 is 5.32 Å². The molecule has 1 aliphatic heterocycles. The van der Waals surface area contributed by atoms with Gasteiger partial charge in [-0.25, -0.2) is 0 Å². The number of amides is 2. The van der Waals surface area contributed by atoms with E-state index in [1.54, 1.807) is 0 Å². The Kier molecular flexibility index (Phi) is 4.40. The van der Waals surface area contributed by atoms with E-state index >= 15 is 0 Å². The lowest BCUT2D eigenvalue weighted by atomic mass is 9.80. The molecule has 0 aromatic carbocycles. The summed E-state index contributed by atoms with van der Waals surface area (Å²) < 4.78 is 0. The SMILES string of the molecule is CCC1(CC)NC(=O)CCN(C2(C)CCCCC2)C1=O. The van der Waals surface area contributed by atoms with E-state index in [0.29, 0.717) is 25.8 Å². The van der Waals surface area contributed by atoms with Crippen LogP contribution in [-0.2, 0) is 9.59 Å². The minimum atomic E-state index is -0.686. The number of nitrogens with zero attached hydrogens (tertiary/aromatic N) is 1. The molecule has 1 saturated heterocycles. The van der Waals surface area contributed by atoms with Crippen LogP contribution in [0.25, 0.3) is 0 Å². The average molecular weight is 280 g/mol. The molecule has 2 fully saturated rings. The van der Waals surface area contributed by atoms with Gasteiger partial charge in [0.05, 0.1) is 0 Å². The van der Waals surface area contributed by atoms with Crippen molar-refractivity contribution in [1.82, 2.24) is 10.2 Å². The number of rotatable bonds is 3. The predicted molar refractivity (Wildman–Crippen MR) is 79.3 cm³/mol. The lowest BCUT2D eigenvalue weighted by Gasteiger charge is -2.46. The highest BCUT2D eigenvalue weighted by molar-refractivity contribution is 5.94. The zero-order valence-corrected chi connectivity index (χ0v) is 13.1. The Hall–Kier alpha value is -1.06. The van der Waals surface area contributed by atoms with Crippen molar-refractivity contribution < 1.29 is 9.59 Å². The number of carbonyl (C=O) groups is 2. The van der Waals surface area contributed by atoms with E-state index in [0.717, 1.165) is 12.8 Å². The van der Waals surface area contributed by atoms with Gasteiger partial charge >= 0.3 is 0 Å². The van der Waals surface area contributed by atoms with Crippen molar-refractivity contribution in [3.05, 3.63) is 0 Å². The molecule has 0 bridgehead atoms. The molecule has 0 aromatic heterocycles. The largest absolute Gasteiger partial charge is 0.342 e. The van der Waals surface area contributed by atoms with E-state index in [2.05, 4.69) is 12.2 Å². The van der Waals surface area contributed by atoms with Crippen molar-refractivity contribution >= 4 is 11.8 Å². The lowest BCUT2D eigenvalue weighted by molar-refractivity contribution is -0.145. The molecule has 0 radical (unpaired) electrons. The second-order valence-electron chi connectivity index (χ2n) is 6.60. The maximum absolute atomic E-state index is 13.1. The van der Waals surface area contributed by atoms with Gasteiger partial charge < -0.3 is 10.2 Å². The summed E-state index contributed by atoms with van der Waals surface area (Å²) in [5.41, 5.74) is -0.745. The van der Waals surface area contributed by atoms with Crippen LogP contribution in [0.1, 0.15) is 72.1 Å². The van der Waals surface area contributed by atoms with E-state index in [1.807, 2.05) is 18.7 Å². The molecule has 0 spiro atoms. The first-order chi connectivity index (χ1) is 9.47. The van der Waals surface area contributed by atoms with Crippen molar-refractivity contribution in [3.63, 3.8) is 0 Å². The first kappa shape index (κ1) is 15.3. The molecule has 1 aliphatic carbocycles. The zero-order valence-electron chi connectivity index (χ0n) is 13.1. The quantitative estimate of drug-likeness (QED) is 0.864. The third kappa shape index (κ3) is 2.57. The van der Waals surface area contributed by atoms with Gasteiger partial charge in [0.2, 0.25) is 11.8 Å². The van der Waals surface area contributed by atoms with Gasteiger partial charge in [-0.1, -0.05) is 33.1 Å². The van der Waals surface area contributed by atoms with Crippen LogP contribution >= 0.6 is 0 Å². The molecule has 1 saturated carbocycles. The normalized spacial score (nSPS) is 26.1. The van der Waals surface area contributed by atoms with Crippen LogP contribution in [0.4, 0.5) is 0 Å². The molecule has 4 nitrogen and oxygen atoms in total. The second-order valence-corrected chi connectivity index (χ2v) is 6.60. The molecule has 0 unspecified atom stereocenters. The number of hydrogen-bond donors (Lipinski definition) is 1. The van der Waals surface area contributed by atoms with E-state index < -0.39 is 5.54 Å². The summed E-state index contributed by atoms with van der Waals surface area (Å²) in [5.74, 6) is 0.154. The Labute approximate surface area is 122 Å². The monoisotopic (exact) mass is 280 g/mol. The first-order valence-electron chi connectivity index (χ1n) is 8.10. The molecular formula is C16H28N2O2. The highest BCUT2D eigenvalue weighted by Gasteiger charge is 2.47. The molecule has 0 atom stereocenters. The van der Waals surface area contributed by atoms with Gasteiger partial charge in [-0.05, 0) is 32.6 Å². The molecule has 1 heterocycles. The standard InChI is InChI=1S/C16H28N2O2/c1-4-16(5-2)14(20)18(12-9-13(19)17-16)15(3)10-7-6-8-11-15/h4-12H2,1-3H3,(H,17,19). The Morgan fingerprint density at radius 1 is 1.10 bits per heavy atom. The summed E-state index contributed by atoms with van der Waals surface area (Å²) in [7, 11) is 0. The molecule has 4 heteroatoms. The van der Waals surface area contributed by atoms with E-state index in [9.17, 15) is 9.59 Å². The fourth-order valence-electron chi connectivity index (χ4n) is 3.78. The van der Waals surface area contributed by atoms with E-state index in [1.165, 1.54) is 19.3 Å². The Morgan fingerprint density at radius 2 is 1.70 bits per heavy atom. The predicted octanol–water partition coefficient (Wildman–Crippen LogP) is 2.62. The van der Waals surface area contributed by atoms with Gasteiger partial charge in [0.15, 0.2) is 0 Å². The first-order valence-corrected chi connectivity index (χ1v) is 8.10. The summed E-state index contributed by atoms with van der Waals surface area (Å²) >= 11 is 0. The Bertz CT molecular complexity index is 382. The molecular weight excluding hydrogens is 252 g/mol. The van der Waals surface area contributed by atoms with Gasteiger partial charge in [-0.15, -0.1) is 0 Å². The van der Waals surface area contributed by atoms with Crippen LogP contribution in [0.5, 0.6) is 0 Å². The van der Waals surface area contributed by atoms with Crippen LogP contribution in [-0.4, -0.2) is 34.3 Å². The molecule has 2 rings (SSSR count). The van der Waals surface area contributed by atoms with Gasteiger partial charge in [-0.2, -0.15) is 0 Å². The van der Waals surface area contributed by atoms with Crippen LogP contribution in [0, 0.1) is 0 Å². The maximum atomic E-state index is 13.1. The topological polar surface area (TPSA) is 49.4 Å². The van der Waals surface area contributed by atoms with Crippen LogP contribution in [0.15, 0.2) is 0 Å². The summed E-state index contributed by atoms with van der Waals surface area (Å²) in [5, 5.41) is 3.00. The van der Waals surface area contributed by atoms with Crippen molar-refractivity contribution in [2.45, 2.75) is 83.2 Å². The fourth-order valence-corrected chi connectivity index (χ4v) is 3.78. The zero-order chi connectivity index (χ0) is 14.8. The van der Waals surface area contributed by atoms with Crippen molar-refractivity contribution in [3.8, 4) is 0 Å². The average Bonchev–Trinajstić information content (AvgIpc) is 2.57. The molecule has 0 aromatic rings. The smallest absolute Gasteiger partial charge is 0.248 e.